The van der Waals surface area contributed by atoms with Crippen molar-refractivity contribution in [1.29, 1.82) is 0 Å². The van der Waals surface area contributed by atoms with E-state index in [1.807, 2.05) is 42.5 Å². The van der Waals surface area contributed by atoms with E-state index in [4.69, 9.17) is 9.47 Å². The van der Waals surface area contributed by atoms with Gasteiger partial charge in [0.25, 0.3) is 5.91 Å². The van der Waals surface area contributed by atoms with Crippen molar-refractivity contribution in [3.63, 3.8) is 0 Å². The van der Waals surface area contributed by atoms with E-state index in [1.54, 1.807) is 36.2 Å². The number of ether oxygens (including phenoxy) is 2. The molecule has 2 heterocycles. The average Bonchev–Trinajstić information content (AvgIpc) is 3.20. The molecule has 1 amide bonds. The molecule has 0 fully saturated rings. The molecule has 2 aromatic carbocycles. The second-order valence-corrected chi connectivity index (χ2v) is 5.95. The van der Waals surface area contributed by atoms with Gasteiger partial charge in [0.05, 0.1) is 12.8 Å². The number of anilines is 1. The third-order valence-electron chi connectivity index (χ3n) is 4.01. The van der Waals surface area contributed by atoms with Crippen LogP contribution in [-0.4, -0.2) is 39.4 Å². The van der Waals surface area contributed by atoms with Crippen molar-refractivity contribution in [3.8, 4) is 22.8 Å². The summed E-state index contributed by atoms with van der Waals surface area (Å²) in [6.45, 7) is -0.109. The van der Waals surface area contributed by atoms with Crippen molar-refractivity contribution in [2.45, 2.75) is 0 Å². The normalized spacial score (nSPS) is 10.6. The van der Waals surface area contributed by atoms with Gasteiger partial charge in [-0.15, -0.1) is 10.2 Å². The van der Waals surface area contributed by atoms with E-state index in [-0.39, 0.29) is 12.5 Å². The highest BCUT2D eigenvalue weighted by Gasteiger charge is 2.07. The van der Waals surface area contributed by atoms with Crippen LogP contribution in [0.25, 0.3) is 16.9 Å². The molecule has 0 aliphatic rings. The zero-order valence-corrected chi connectivity index (χ0v) is 15.1. The summed E-state index contributed by atoms with van der Waals surface area (Å²) in [5.74, 6) is 0.972. The highest BCUT2D eigenvalue weighted by Crippen LogP contribution is 2.21. The lowest BCUT2D eigenvalue weighted by molar-refractivity contribution is -0.118. The molecule has 8 nitrogen and oxygen atoms in total. The molecule has 1 N–H and O–H groups in total. The fourth-order valence-corrected chi connectivity index (χ4v) is 2.68. The van der Waals surface area contributed by atoms with E-state index in [2.05, 4.69) is 20.6 Å². The van der Waals surface area contributed by atoms with Gasteiger partial charge in [-0.3, -0.25) is 4.79 Å². The van der Waals surface area contributed by atoms with Gasteiger partial charge in [-0.2, -0.15) is 9.61 Å². The molecule has 0 bridgehead atoms. The molecule has 0 saturated carbocycles. The molecule has 2 aromatic heterocycles. The summed E-state index contributed by atoms with van der Waals surface area (Å²) in [5, 5.41) is 15.0. The fourth-order valence-electron chi connectivity index (χ4n) is 2.68. The van der Waals surface area contributed by atoms with E-state index in [1.165, 1.54) is 0 Å². The number of fused-ring (bicyclic) bond motifs is 1. The number of hydrogen-bond donors (Lipinski definition) is 1. The van der Waals surface area contributed by atoms with Crippen LogP contribution in [0.1, 0.15) is 0 Å². The van der Waals surface area contributed by atoms with Crippen LogP contribution in [0.4, 0.5) is 5.69 Å². The lowest BCUT2D eigenvalue weighted by Gasteiger charge is -2.09. The monoisotopic (exact) mass is 375 g/mol. The van der Waals surface area contributed by atoms with Crippen molar-refractivity contribution in [3.05, 3.63) is 67.0 Å². The Hall–Kier alpha value is -3.94. The molecule has 0 saturated heterocycles. The average molecular weight is 375 g/mol. The standard InChI is InChI=1S/C20H17N5O3/c1-27-16-6-3-7-17(11-16)28-12-20(26)22-15-5-2-4-14(10-15)18-8-9-19-23-21-13-25(19)24-18/h2-11,13H,12H2,1H3,(H,22,26). The molecule has 0 atom stereocenters. The predicted octanol–water partition coefficient (Wildman–Crippen LogP) is 2.82. The Morgan fingerprint density at radius 2 is 1.93 bits per heavy atom. The number of methoxy groups -OCH3 is 1. The van der Waals surface area contributed by atoms with Crippen molar-refractivity contribution >= 4 is 17.2 Å². The Kier molecular flexibility index (Phi) is 4.83. The molecule has 0 unspecified atom stereocenters. The molecule has 140 valence electrons. The van der Waals surface area contributed by atoms with Gasteiger partial charge in [0, 0.05) is 17.3 Å². The zero-order valence-electron chi connectivity index (χ0n) is 15.1. The number of rotatable bonds is 6. The molecule has 28 heavy (non-hydrogen) atoms. The third-order valence-corrected chi connectivity index (χ3v) is 4.01. The molecule has 4 rings (SSSR count). The van der Waals surface area contributed by atoms with Crippen LogP contribution in [-0.2, 0) is 4.79 Å². The minimum Gasteiger partial charge on any atom is -0.497 e. The Morgan fingerprint density at radius 3 is 2.82 bits per heavy atom. The fraction of sp³-hybridized carbons (Fsp3) is 0.100. The third kappa shape index (κ3) is 3.90. The topological polar surface area (TPSA) is 90.6 Å². The zero-order chi connectivity index (χ0) is 19.3. The first-order chi connectivity index (χ1) is 13.7. The van der Waals surface area contributed by atoms with Gasteiger partial charge < -0.3 is 14.8 Å². The van der Waals surface area contributed by atoms with Gasteiger partial charge in [0.2, 0.25) is 0 Å². The van der Waals surface area contributed by atoms with Crippen molar-refractivity contribution < 1.29 is 14.3 Å². The highest BCUT2D eigenvalue weighted by atomic mass is 16.5. The van der Waals surface area contributed by atoms with E-state index in [9.17, 15) is 4.79 Å². The summed E-state index contributed by atoms with van der Waals surface area (Å²) in [7, 11) is 1.58. The Labute approximate surface area is 160 Å². The number of amides is 1. The van der Waals surface area contributed by atoms with Gasteiger partial charge >= 0.3 is 0 Å². The van der Waals surface area contributed by atoms with Gasteiger partial charge in [-0.1, -0.05) is 18.2 Å². The van der Waals surface area contributed by atoms with Crippen LogP contribution in [0.5, 0.6) is 11.5 Å². The van der Waals surface area contributed by atoms with Crippen LogP contribution in [0.2, 0.25) is 0 Å². The predicted molar refractivity (Wildman–Crippen MR) is 103 cm³/mol. The van der Waals surface area contributed by atoms with Crippen LogP contribution in [0, 0.1) is 0 Å². The van der Waals surface area contributed by atoms with E-state index in [0.29, 0.717) is 22.8 Å². The molecular formula is C20H17N5O3. The quantitative estimate of drug-likeness (QED) is 0.557. The minimum atomic E-state index is -0.262. The van der Waals surface area contributed by atoms with Crippen LogP contribution in [0.3, 0.4) is 0 Å². The van der Waals surface area contributed by atoms with Crippen molar-refractivity contribution in [2.75, 3.05) is 19.0 Å². The summed E-state index contributed by atoms with van der Waals surface area (Å²) in [5.41, 5.74) is 2.93. The Morgan fingerprint density at radius 1 is 1.07 bits per heavy atom. The van der Waals surface area contributed by atoms with E-state index >= 15 is 0 Å². The summed E-state index contributed by atoms with van der Waals surface area (Å²) < 4.78 is 12.3. The number of benzene rings is 2. The lowest BCUT2D eigenvalue weighted by Crippen LogP contribution is -2.20. The SMILES string of the molecule is COc1cccc(OCC(=O)Nc2cccc(-c3ccc4nncn4n3)c2)c1. The van der Waals surface area contributed by atoms with E-state index in [0.717, 1.165) is 11.3 Å². The number of nitrogens with one attached hydrogen (secondary N) is 1. The minimum absolute atomic E-state index is 0.109. The molecule has 0 radical (unpaired) electrons. The first kappa shape index (κ1) is 17.5. The first-order valence-corrected chi connectivity index (χ1v) is 8.55. The Balaban J connectivity index is 1.43. The second-order valence-electron chi connectivity index (χ2n) is 5.95. The molecule has 0 aliphatic carbocycles. The van der Waals surface area contributed by atoms with Gasteiger partial charge in [-0.25, -0.2) is 0 Å². The van der Waals surface area contributed by atoms with Crippen LogP contribution >= 0.6 is 0 Å². The smallest absolute Gasteiger partial charge is 0.262 e. The molecule has 0 spiro atoms. The molecule has 8 heteroatoms. The molecular weight excluding hydrogens is 358 g/mol. The number of hydrogen-bond acceptors (Lipinski definition) is 6. The number of nitrogens with zero attached hydrogens (tertiary/aromatic N) is 4. The number of aromatic nitrogens is 4. The Bertz CT molecular complexity index is 1130. The maximum Gasteiger partial charge on any atom is 0.262 e. The van der Waals surface area contributed by atoms with Gasteiger partial charge in [0.1, 0.15) is 17.8 Å². The summed E-state index contributed by atoms with van der Waals surface area (Å²) >= 11 is 0. The largest absolute Gasteiger partial charge is 0.497 e. The van der Waals surface area contributed by atoms with Crippen LogP contribution in [0.15, 0.2) is 67.0 Å². The number of carbonyl (C=O) groups is 1. The number of carbonyl (C=O) groups excluding carboxylic acids is 1. The van der Waals surface area contributed by atoms with Crippen molar-refractivity contribution in [2.24, 2.45) is 0 Å². The van der Waals surface area contributed by atoms with Crippen LogP contribution < -0.4 is 14.8 Å². The summed E-state index contributed by atoms with van der Waals surface area (Å²) in [6, 6.07) is 18.2. The summed E-state index contributed by atoms with van der Waals surface area (Å²) in [4.78, 5) is 12.2. The maximum absolute atomic E-state index is 12.2. The van der Waals surface area contributed by atoms with Gasteiger partial charge in [0.15, 0.2) is 12.3 Å². The molecule has 4 aromatic rings. The van der Waals surface area contributed by atoms with Crippen molar-refractivity contribution in [1.82, 2.24) is 19.8 Å². The van der Waals surface area contributed by atoms with E-state index < -0.39 is 0 Å². The maximum atomic E-state index is 12.2. The first-order valence-electron chi connectivity index (χ1n) is 8.55. The highest BCUT2D eigenvalue weighted by molar-refractivity contribution is 5.92. The lowest BCUT2D eigenvalue weighted by atomic mass is 10.1. The summed E-state index contributed by atoms with van der Waals surface area (Å²) in [6.07, 6.45) is 1.54. The molecule has 0 aliphatic heterocycles. The second kappa shape index (κ2) is 7.75. The van der Waals surface area contributed by atoms with Gasteiger partial charge in [-0.05, 0) is 36.4 Å².